The van der Waals surface area contributed by atoms with E-state index in [1.807, 2.05) is 0 Å². The Kier molecular flexibility index (Phi) is 6.93. The summed E-state index contributed by atoms with van der Waals surface area (Å²) < 4.78 is 20.2. The Labute approximate surface area is 220 Å². The van der Waals surface area contributed by atoms with Crippen LogP contribution in [0.4, 0.5) is 0 Å². The molecule has 3 aliphatic heterocycles. The third kappa shape index (κ3) is 5.26. The number of fused-ring (bicyclic) bond motifs is 3. The van der Waals surface area contributed by atoms with Crippen LogP contribution in [0.25, 0.3) is 16.8 Å². The number of aromatic nitrogens is 2. The lowest BCUT2D eigenvalue weighted by Gasteiger charge is -2.34. The summed E-state index contributed by atoms with van der Waals surface area (Å²) in [6.07, 6.45) is 4.64. The van der Waals surface area contributed by atoms with Crippen molar-refractivity contribution in [1.29, 1.82) is 0 Å². The highest BCUT2D eigenvalue weighted by Crippen LogP contribution is 2.36. The molecule has 4 heterocycles. The molecule has 196 valence electrons. The van der Waals surface area contributed by atoms with Gasteiger partial charge in [0.15, 0.2) is 5.82 Å². The zero-order valence-corrected chi connectivity index (χ0v) is 22.3. The molecule has 0 spiro atoms. The first-order chi connectivity index (χ1) is 18.0. The minimum atomic E-state index is 0.301. The molecule has 6 rings (SSSR count). The highest BCUT2D eigenvalue weighted by molar-refractivity contribution is 5.72. The van der Waals surface area contributed by atoms with E-state index in [-0.39, 0.29) is 0 Å². The monoisotopic (exact) mass is 502 g/mol. The molecule has 1 aromatic heterocycles. The Balaban J connectivity index is 1.16. The van der Waals surface area contributed by atoms with Gasteiger partial charge >= 0.3 is 0 Å². The van der Waals surface area contributed by atoms with Crippen LogP contribution < -0.4 is 9.47 Å². The topological polar surface area (TPSA) is 52.0 Å². The highest BCUT2D eigenvalue weighted by Gasteiger charge is 2.23. The van der Waals surface area contributed by atoms with E-state index in [1.54, 1.807) is 0 Å². The molecular formula is C30H38N4O3. The number of hydrogen-bond acceptors (Lipinski definition) is 6. The predicted octanol–water partition coefficient (Wildman–Crippen LogP) is 4.82. The molecule has 0 radical (unpaired) electrons. The third-order valence-corrected chi connectivity index (χ3v) is 7.91. The lowest BCUT2D eigenvalue weighted by molar-refractivity contribution is 0.0337. The molecule has 37 heavy (non-hydrogen) atoms. The van der Waals surface area contributed by atoms with Gasteiger partial charge in [0.2, 0.25) is 0 Å². The predicted molar refractivity (Wildman–Crippen MR) is 145 cm³/mol. The molecular weight excluding hydrogens is 464 g/mol. The number of hydrogen-bond donors (Lipinski definition) is 0. The van der Waals surface area contributed by atoms with E-state index >= 15 is 0 Å². The second-order valence-corrected chi connectivity index (χ2v) is 10.8. The van der Waals surface area contributed by atoms with Gasteiger partial charge in [0.25, 0.3) is 0 Å². The second kappa shape index (κ2) is 10.5. The number of morpholine rings is 1. The van der Waals surface area contributed by atoms with E-state index < -0.39 is 0 Å². The van der Waals surface area contributed by atoms with Crippen LogP contribution in [0.5, 0.6) is 11.5 Å². The van der Waals surface area contributed by atoms with Crippen molar-refractivity contribution in [2.45, 2.75) is 58.9 Å². The summed E-state index contributed by atoms with van der Waals surface area (Å²) in [7, 11) is 0. The Morgan fingerprint density at radius 1 is 1.03 bits per heavy atom. The van der Waals surface area contributed by atoms with Crippen LogP contribution in [0.1, 0.15) is 43.8 Å². The zero-order chi connectivity index (χ0) is 25.4. The fraction of sp³-hybridized carbons (Fsp3) is 0.500. The lowest BCUT2D eigenvalue weighted by Crippen LogP contribution is -2.41. The van der Waals surface area contributed by atoms with Crippen LogP contribution in [0.2, 0.25) is 0 Å². The molecule has 2 fully saturated rings. The highest BCUT2D eigenvalue weighted by atomic mass is 16.5. The standard InChI is InChI=1S/C30H38N4O3/c1-21(2)33-10-8-25(9-11-33)37-26-5-6-27(22(3)16-26)23-4-7-28-29(17-23)36-20-30-31-24(19-34(28)30)18-32-12-14-35-15-13-32/h4-7,16-17,19,21,25H,8-15,18,20H2,1-3H3. The van der Waals surface area contributed by atoms with Gasteiger partial charge in [-0.25, -0.2) is 4.98 Å². The van der Waals surface area contributed by atoms with E-state index in [4.69, 9.17) is 19.2 Å². The minimum absolute atomic E-state index is 0.301. The van der Waals surface area contributed by atoms with E-state index in [1.165, 1.54) is 11.1 Å². The maximum Gasteiger partial charge on any atom is 0.151 e. The lowest BCUT2D eigenvalue weighted by atomic mass is 9.99. The smallest absolute Gasteiger partial charge is 0.151 e. The molecule has 0 amide bonds. The molecule has 2 aromatic carbocycles. The van der Waals surface area contributed by atoms with Crippen molar-refractivity contribution < 1.29 is 14.2 Å². The number of rotatable bonds is 6. The van der Waals surface area contributed by atoms with Gasteiger partial charge in [-0.3, -0.25) is 9.47 Å². The summed E-state index contributed by atoms with van der Waals surface area (Å²) in [6, 6.07) is 13.6. The zero-order valence-electron chi connectivity index (χ0n) is 22.3. The summed E-state index contributed by atoms with van der Waals surface area (Å²) >= 11 is 0. The molecule has 0 saturated carbocycles. The number of benzene rings is 2. The van der Waals surface area contributed by atoms with Gasteiger partial charge in [0, 0.05) is 45.0 Å². The third-order valence-electron chi connectivity index (χ3n) is 7.91. The van der Waals surface area contributed by atoms with Gasteiger partial charge in [-0.05, 0) is 74.6 Å². The number of piperidine rings is 1. The molecule has 7 nitrogen and oxygen atoms in total. The summed E-state index contributed by atoms with van der Waals surface area (Å²) in [5.41, 5.74) is 5.71. The van der Waals surface area contributed by atoms with Crippen molar-refractivity contribution in [1.82, 2.24) is 19.4 Å². The molecule has 0 aliphatic carbocycles. The average molecular weight is 503 g/mol. The maximum atomic E-state index is 6.37. The Hall–Kier alpha value is -2.87. The molecule has 3 aromatic rings. The molecule has 2 saturated heterocycles. The first-order valence-electron chi connectivity index (χ1n) is 13.7. The van der Waals surface area contributed by atoms with Gasteiger partial charge < -0.3 is 19.1 Å². The first kappa shape index (κ1) is 24.5. The van der Waals surface area contributed by atoms with Gasteiger partial charge in [-0.15, -0.1) is 0 Å². The first-order valence-corrected chi connectivity index (χ1v) is 13.7. The molecule has 0 bridgehead atoms. The fourth-order valence-corrected chi connectivity index (χ4v) is 5.72. The molecule has 0 unspecified atom stereocenters. The SMILES string of the molecule is Cc1cc(OC2CCN(C(C)C)CC2)ccc1-c1ccc2c(c1)OCc1nc(CN3CCOCC3)cn1-2. The van der Waals surface area contributed by atoms with Crippen molar-refractivity contribution in [2.75, 3.05) is 39.4 Å². The van der Waals surface area contributed by atoms with Crippen LogP contribution in [0.3, 0.4) is 0 Å². The minimum Gasteiger partial charge on any atom is -0.490 e. The molecule has 7 heteroatoms. The van der Waals surface area contributed by atoms with Gasteiger partial charge in [-0.1, -0.05) is 12.1 Å². The number of imidazole rings is 1. The van der Waals surface area contributed by atoms with E-state index in [0.717, 1.165) is 93.0 Å². The van der Waals surface area contributed by atoms with E-state index in [2.05, 4.69) is 77.7 Å². The molecule has 0 N–H and O–H groups in total. The van der Waals surface area contributed by atoms with Crippen LogP contribution in [0.15, 0.2) is 42.6 Å². The summed E-state index contributed by atoms with van der Waals surface area (Å²) in [5.74, 6) is 2.83. The Morgan fingerprint density at radius 2 is 1.84 bits per heavy atom. The van der Waals surface area contributed by atoms with Gasteiger partial charge in [-0.2, -0.15) is 0 Å². The van der Waals surface area contributed by atoms with E-state index in [9.17, 15) is 0 Å². The summed E-state index contributed by atoms with van der Waals surface area (Å²) in [6.45, 7) is 13.8. The largest absolute Gasteiger partial charge is 0.490 e. The van der Waals surface area contributed by atoms with Crippen LogP contribution in [-0.4, -0.2) is 70.9 Å². The van der Waals surface area contributed by atoms with Crippen LogP contribution in [-0.2, 0) is 17.9 Å². The quantitative estimate of drug-likeness (QED) is 0.482. The maximum absolute atomic E-state index is 6.37. The van der Waals surface area contributed by atoms with Crippen molar-refractivity contribution >= 4 is 0 Å². The summed E-state index contributed by atoms with van der Waals surface area (Å²) in [4.78, 5) is 9.78. The molecule has 3 aliphatic rings. The number of ether oxygens (including phenoxy) is 3. The van der Waals surface area contributed by atoms with Crippen molar-refractivity contribution in [3.63, 3.8) is 0 Å². The molecule has 0 atom stereocenters. The Morgan fingerprint density at radius 3 is 2.59 bits per heavy atom. The Bertz CT molecular complexity index is 1240. The second-order valence-electron chi connectivity index (χ2n) is 10.8. The summed E-state index contributed by atoms with van der Waals surface area (Å²) in [5, 5.41) is 0. The number of nitrogens with zero attached hydrogens (tertiary/aromatic N) is 4. The number of aryl methyl sites for hydroxylation is 1. The van der Waals surface area contributed by atoms with Crippen molar-refractivity contribution in [2.24, 2.45) is 0 Å². The van der Waals surface area contributed by atoms with Crippen molar-refractivity contribution in [3.8, 4) is 28.3 Å². The van der Waals surface area contributed by atoms with E-state index in [0.29, 0.717) is 18.8 Å². The number of likely N-dealkylation sites (tertiary alicyclic amines) is 1. The van der Waals surface area contributed by atoms with Crippen molar-refractivity contribution in [3.05, 3.63) is 59.7 Å². The normalized spacial score (nSPS) is 18.9. The van der Waals surface area contributed by atoms with Gasteiger partial charge in [0.1, 0.15) is 24.2 Å². The average Bonchev–Trinajstić information content (AvgIpc) is 3.32. The fourth-order valence-electron chi connectivity index (χ4n) is 5.72. The van der Waals surface area contributed by atoms with Gasteiger partial charge in [0.05, 0.1) is 24.6 Å². The van der Waals surface area contributed by atoms with Crippen LogP contribution >= 0.6 is 0 Å². The van der Waals surface area contributed by atoms with Crippen LogP contribution in [0, 0.1) is 6.92 Å².